The number of rotatable bonds is 24. The number of aromatic nitrogens is 1. The molecule has 1 aromatic heterocycles. The van der Waals surface area contributed by atoms with Gasteiger partial charge >= 0.3 is 12.0 Å². The number of thiazole rings is 1. The highest BCUT2D eigenvalue weighted by Gasteiger charge is 2.18. The highest BCUT2D eigenvalue weighted by atomic mass is 32.1. The molecular formula is C41H52N10O9S. The van der Waals surface area contributed by atoms with Crippen LogP contribution < -0.4 is 25.6 Å². The van der Waals surface area contributed by atoms with Gasteiger partial charge in [0.15, 0.2) is 0 Å². The summed E-state index contributed by atoms with van der Waals surface area (Å²) in [4.78, 5) is 66.2. The molecule has 3 N–H and O–H groups in total. The van der Waals surface area contributed by atoms with Gasteiger partial charge in [-0.3, -0.25) is 29.4 Å². The first-order valence-electron chi connectivity index (χ1n) is 20.9. The molecule has 1 heterocycles. The monoisotopic (exact) mass is 863 g/mol. The zero-order valence-corrected chi connectivity index (χ0v) is 35.4. The van der Waals surface area contributed by atoms with Gasteiger partial charge in [-0.25, -0.2) is 9.78 Å². The Kier molecular flexibility index (Phi) is 17.8. The molecule has 4 amide bonds. The highest BCUT2D eigenvalue weighted by molar-refractivity contribution is 7.21. The van der Waals surface area contributed by atoms with Crippen molar-refractivity contribution in [2.24, 2.45) is 20.5 Å². The third-order valence-electron chi connectivity index (χ3n) is 8.90. The number of amides is 4. The number of hydrogen-bond donors (Lipinski definition) is 3. The Morgan fingerprint density at radius 2 is 1.70 bits per heavy atom. The number of carbonyl (C=O) groups is 4. The van der Waals surface area contributed by atoms with Crippen molar-refractivity contribution in [1.29, 1.82) is 0 Å². The predicted molar refractivity (Wildman–Crippen MR) is 231 cm³/mol. The van der Waals surface area contributed by atoms with E-state index in [2.05, 4.69) is 41.4 Å². The molecule has 2 unspecified atom stereocenters. The molecule has 19 nitrogen and oxygen atoms in total. The number of hydrogen-bond acceptors (Lipinski definition) is 15. The van der Waals surface area contributed by atoms with Gasteiger partial charge in [0.25, 0.3) is 5.69 Å². The van der Waals surface area contributed by atoms with Crippen molar-refractivity contribution < 1.29 is 41.1 Å². The van der Waals surface area contributed by atoms with E-state index in [1.165, 1.54) is 30.6 Å². The van der Waals surface area contributed by atoms with E-state index in [1.54, 1.807) is 47.4 Å². The maximum Gasteiger partial charge on any atom is 0.321 e. The average Bonchev–Trinajstić information content (AvgIpc) is 3.69. The molecule has 20 heteroatoms. The predicted octanol–water partition coefficient (Wildman–Crippen LogP) is 8.43. The zero-order valence-electron chi connectivity index (χ0n) is 36.5. The van der Waals surface area contributed by atoms with Crippen LogP contribution >= 0.6 is 11.3 Å². The lowest BCUT2D eigenvalue weighted by Gasteiger charge is -2.21. The van der Waals surface area contributed by atoms with Gasteiger partial charge in [-0.05, 0) is 75.1 Å². The number of non-ortho nitro benzene ring substituents is 1. The number of ether oxygens (including phenoxy) is 3. The van der Waals surface area contributed by atoms with Crippen LogP contribution in [0.4, 0.5) is 38.4 Å². The fraction of sp³-hybridized carbons (Fsp3) is 0.439. The number of fused-ring (bicyclic) bond motifs is 1. The van der Waals surface area contributed by atoms with Crippen molar-refractivity contribution >= 4 is 78.9 Å². The molecule has 0 saturated carbocycles. The molecule has 0 radical (unpaired) electrons. The second kappa shape index (κ2) is 24.6. The lowest BCUT2D eigenvalue weighted by molar-refractivity contribution is -0.384. The number of carbonyl (C=O) groups excluding carboxylic acids is 4. The fourth-order valence-electron chi connectivity index (χ4n) is 5.67. The number of anilines is 1. The molecule has 0 saturated heterocycles. The van der Waals surface area contributed by atoms with Gasteiger partial charge < -0.3 is 30.2 Å². The largest absolute Gasteiger partial charge is 0.494 e. The van der Waals surface area contributed by atoms with E-state index in [1.807, 2.05) is 20.8 Å². The maximum atomic E-state index is 13.0. The third kappa shape index (κ3) is 15.3. The van der Waals surface area contributed by atoms with Crippen LogP contribution in [0.25, 0.3) is 10.2 Å². The third-order valence-corrected chi connectivity index (χ3v) is 9.80. The molecule has 0 aliphatic carbocycles. The Labute approximate surface area is 360 Å². The molecular weight excluding hydrogens is 809 g/mol. The van der Waals surface area contributed by atoms with Gasteiger partial charge in [0, 0.05) is 63.4 Å². The first-order chi connectivity index (χ1) is 30.3. The second-order valence-corrected chi connectivity index (χ2v) is 14.5. The number of esters is 1. The van der Waals surface area contributed by atoms with Gasteiger partial charge in [0.1, 0.15) is 17.5 Å². The minimum absolute atomic E-state index is 0.0271. The normalized spacial score (nSPS) is 12.7. The van der Waals surface area contributed by atoms with E-state index in [9.17, 15) is 29.3 Å². The van der Waals surface area contributed by atoms with Crippen LogP contribution in [0.3, 0.4) is 0 Å². The maximum absolute atomic E-state index is 13.0. The summed E-state index contributed by atoms with van der Waals surface area (Å²) in [5, 5.41) is 37.0. The van der Waals surface area contributed by atoms with Crippen LogP contribution in [-0.2, 0) is 23.9 Å². The van der Waals surface area contributed by atoms with Gasteiger partial charge in [0.05, 0.1) is 55.9 Å². The standard InChI is InChI=1S/C41H52N10O9S/c1-6-20-42-38(53)18-19-39(54)60-31(26-58-4)25-44-37(52)11-9-8-10-21-43-41(55)50(7-2)29-14-12-28(13-15-29)46-48-34-22-27(3)33(24-35(34)59-5)47-49-40-45-32-17-16-30(51(56)57)23-36(32)61-40/h12-17,22-24,31H,6-11,18-21,25-26H2,1-5H3,(H,42,53)(H,43,55)(H,44,52)/i4TD. The Hall–Kier alpha value is -6.41. The number of unbranched alkanes of at least 4 members (excludes halogenated alkanes) is 2. The second-order valence-electron chi connectivity index (χ2n) is 13.5. The van der Waals surface area contributed by atoms with Gasteiger partial charge in [-0.15, -0.1) is 15.3 Å². The van der Waals surface area contributed by atoms with Gasteiger partial charge in [0.2, 0.25) is 16.9 Å². The Bertz CT molecular complexity index is 2240. The fourth-order valence-corrected chi connectivity index (χ4v) is 6.49. The number of nitrogens with one attached hydrogen (secondary N) is 3. The zero-order chi connectivity index (χ0) is 45.7. The number of urea groups is 1. The first-order valence-corrected chi connectivity index (χ1v) is 20.5. The first kappa shape index (κ1) is 44.2. The van der Waals surface area contributed by atoms with Crippen molar-refractivity contribution in [2.45, 2.75) is 71.8 Å². The molecule has 0 spiro atoms. The molecule has 61 heavy (non-hydrogen) atoms. The average molecular weight is 864 g/mol. The minimum Gasteiger partial charge on any atom is -0.494 e. The van der Waals surface area contributed by atoms with Crippen LogP contribution in [0.5, 0.6) is 5.75 Å². The summed E-state index contributed by atoms with van der Waals surface area (Å²) in [6, 6.07) is 14.6. The highest BCUT2D eigenvalue weighted by Crippen LogP contribution is 2.38. The number of nitro groups is 1. The lowest BCUT2D eigenvalue weighted by atomic mass is 10.1. The van der Waals surface area contributed by atoms with E-state index in [0.717, 1.165) is 12.0 Å². The Morgan fingerprint density at radius 3 is 2.43 bits per heavy atom. The van der Waals surface area contributed by atoms with Gasteiger partial charge in [-0.1, -0.05) is 24.7 Å². The smallest absolute Gasteiger partial charge is 0.321 e. The SMILES string of the molecule is [2H]C([3H])OCC(CNC(=O)CCCCCNC(=O)N(CC)c1ccc(N=Nc2cc(C)c(N=Nc3nc4ccc([N+](=O)[O-])cc4s3)cc2OC)cc1)OC(=O)CCC(=O)NCCC. The summed E-state index contributed by atoms with van der Waals surface area (Å²) in [5.41, 5.74) is 3.49. The number of nitro benzene ring substituents is 1. The molecule has 4 aromatic rings. The van der Waals surface area contributed by atoms with E-state index in [4.69, 9.17) is 17.0 Å². The molecule has 2 atom stereocenters. The van der Waals surface area contributed by atoms with E-state index in [0.29, 0.717) is 82.7 Å². The van der Waals surface area contributed by atoms with Crippen LogP contribution in [0.15, 0.2) is 75.1 Å². The quantitative estimate of drug-likeness (QED) is 0.0200. The summed E-state index contributed by atoms with van der Waals surface area (Å²) in [7, 11) is -0.0888. The number of azo groups is 2. The van der Waals surface area contributed by atoms with E-state index < -0.39 is 24.1 Å². The molecule has 4 rings (SSSR count). The minimum atomic E-state index is -1.59. The van der Waals surface area contributed by atoms with Crippen LogP contribution in [0.1, 0.15) is 67.1 Å². The number of benzene rings is 3. The number of methoxy groups -OCH3 is 2. The lowest BCUT2D eigenvalue weighted by Crippen LogP contribution is -2.40. The molecule has 0 aliphatic heterocycles. The van der Waals surface area contributed by atoms with Crippen LogP contribution in [0, 0.1) is 17.0 Å². The van der Waals surface area contributed by atoms with Crippen molar-refractivity contribution in [3.8, 4) is 5.75 Å². The van der Waals surface area contributed by atoms with Crippen molar-refractivity contribution in [2.75, 3.05) is 51.9 Å². The van der Waals surface area contributed by atoms with Crippen LogP contribution in [0.2, 0.25) is 0 Å². The number of nitrogens with zero attached hydrogens (tertiary/aromatic N) is 7. The van der Waals surface area contributed by atoms with Crippen LogP contribution in [-0.4, -0.2) is 86.8 Å². The Morgan fingerprint density at radius 1 is 0.934 bits per heavy atom. The topological polar surface area (TPSA) is 241 Å². The van der Waals surface area contributed by atoms with E-state index in [-0.39, 0.29) is 55.9 Å². The van der Waals surface area contributed by atoms with Crippen molar-refractivity contribution in [3.63, 3.8) is 0 Å². The van der Waals surface area contributed by atoms with Crippen molar-refractivity contribution in [1.82, 2.24) is 20.9 Å². The summed E-state index contributed by atoms with van der Waals surface area (Å²) < 4.78 is 30.9. The molecule has 0 fully saturated rings. The molecule has 0 bridgehead atoms. The summed E-state index contributed by atoms with van der Waals surface area (Å²) in [6.07, 6.45) is 1.70. The Balaban J connectivity index is 1.20. The molecule has 0 aliphatic rings. The summed E-state index contributed by atoms with van der Waals surface area (Å²) in [6.45, 7) is 6.60. The molecule has 326 valence electrons. The van der Waals surface area contributed by atoms with Gasteiger partial charge in [-0.2, -0.15) is 5.11 Å². The van der Waals surface area contributed by atoms with E-state index >= 15 is 0 Å². The summed E-state index contributed by atoms with van der Waals surface area (Å²) >= 11 is 1.19. The summed E-state index contributed by atoms with van der Waals surface area (Å²) in [5.74, 6) is -0.791. The number of aryl methyl sites for hydroxylation is 1. The molecule has 3 aromatic carbocycles. The van der Waals surface area contributed by atoms with Crippen molar-refractivity contribution in [3.05, 3.63) is 70.3 Å².